The third kappa shape index (κ3) is 5.90. The molecule has 0 saturated carbocycles. The molecule has 0 saturated heterocycles. The number of methoxy groups -OCH3 is 1. The lowest BCUT2D eigenvalue weighted by Gasteiger charge is -2.09. The lowest BCUT2D eigenvalue weighted by Crippen LogP contribution is -2.20. The van der Waals surface area contributed by atoms with Gasteiger partial charge in [0.15, 0.2) is 5.16 Å². The molecule has 0 bridgehead atoms. The minimum Gasteiger partial charge on any atom is -0.385 e. The van der Waals surface area contributed by atoms with E-state index in [1.165, 1.54) is 16.3 Å². The Bertz CT molecular complexity index is 1360. The fourth-order valence-electron chi connectivity index (χ4n) is 3.67. The van der Waals surface area contributed by atoms with Crippen LogP contribution in [0.3, 0.4) is 0 Å². The molecule has 2 N–H and O–H groups in total. The topological polar surface area (TPSA) is 107 Å². The number of aryl methyl sites for hydroxylation is 2. The number of carbonyl (C=O) groups is 1. The number of nitrogens with zero attached hydrogens (tertiary/aromatic N) is 4. The van der Waals surface area contributed by atoms with Gasteiger partial charge in [-0.2, -0.15) is 5.10 Å². The van der Waals surface area contributed by atoms with Gasteiger partial charge in [0.2, 0.25) is 5.91 Å². The molecule has 2 aromatic carbocycles. The van der Waals surface area contributed by atoms with Crippen LogP contribution in [-0.4, -0.2) is 49.9 Å². The van der Waals surface area contributed by atoms with Crippen LogP contribution in [0.4, 0.5) is 5.82 Å². The quantitative estimate of drug-likeness (QED) is 0.258. The lowest BCUT2D eigenvalue weighted by molar-refractivity contribution is -0.113. The van der Waals surface area contributed by atoms with Crippen LogP contribution in [0.1, 0.15) is 17.5 Å². The number of nitrogens with one attached hydrogen (secondary N) is 2. The van der Waals surface area contributed by atoms with Crippen molar-refractivity contribution in [2.24, 2.45) is 0 Å². The predicted molar refractivity (Wildman–Crippen MR) is 137 cm³/mol. The minimum absolute atomic E-state index is 0.0906. The summed E-state index contributed by atoms with van der Waals surface area (Å²) in [7, 11) is 1.62. The summed E-state index contributed by atoms with van der Waals surface area (Å²) >= 11 is 1.20. The molecule has 0 aliphatic heterocycles. The molecule has 9 nitrogen and oxygen atoms in total. The summed E-state index contributed by atoms with van der Waals surface area (Å²) in [6.07, 6.45) is 0.674. The SMILES string of the molecule is COCCCn1c(SCC(=O)Nc2cc(-c3cc(C)ccc3C)nn2-c2ccccc2)n[nH]c1=O. The Morgan fingerprint density at radius 1 is 1.14 bits per heavy atom. The van der Waals surface area contributed by atoms with Crippen molar-refractivity contribution >= 4 is 23.5 Å². The Morgan fingerprint density at radius 3 is 2.71 bits per heavy atom. The van der Waals surface area contributed by atoms with Crippen molar-refractivity contribution in [3.8, 4) is 16.9 Å². The maximum atomic E-state index is 12.9. The van der Waals surface area contributed by atoms with Crippen molar-refractivity contribution in [3.05, 3.63) is 76.2 Å². The van der Waals surface area contributed by atoms with Crippen LogP contribution in [0.5, 0.6) is 0 Å². The average molecular weight is 493 g/mol. The highest BCUT2D eigenvalue weighted by molar-refractivity contribution is 7.99. The van der Waals surface area contributed by atoms with E-state index in [2.05, 4.69) is 33.7 Å². The van der Waals surface area contributed by atoms with Crippen LogP contribution in [0.25, 0.3) is 16.9 Å². The second-order valence-corrected chi connectivity index (χ2v) is 9.07. The first-order valence-corrected chi connectivity index (χ1v) is 12.2. The third-order valence-electron chi connectivity index (χ3n) is 5.43. The van der Waals surface area contributed by atoms with E-state index < -0.39 is 0 Å². The number of benzene rings is 2. The highest BCUT2D eigenvalue weighted by Gasteiger charge is 2.17. The molecular formula is C25H28N6O3S. The number of ether oxygens (including phenoxy) is 1. The molecule has 2 heterocycles. The Hall–Kier alpha value is -3.63. The molecule has 0 spiro atoms. The maximum absolute atomic E-state index is 12.9. The molecule has 1 amide bonds. The molecule has 0 fully saturated rings. The van der Waals surface area contributed by atoms with Gasteiger partial charge in [-0.05, 0) is 44.0 Å². The molecule has 182 valence electrons. The fourth-order valence-corrected chi connectivity index (χ4v) is 4.44. The Labute approximate surface area is 207 Å². The second kappa shape index (κ2) is 11.2. The summed E-state index contributed by atoms with van der Waals surface area (Å²) in [6, 6.07) is 17.8. The molecule has 0 atom stereocenters. The van der Waals surface area contributed by atoms with Crippen molar-refractivity contribution in [2.75, 3.05) is 24.8 Å². The van der Waals surface area contributed by atoms with Crippen molar-refractivity contribution in [2.45, 2.75) is 32.0 Å². The van der Waals surface area contributed by atoms with E-state index in [-0.39, 0.29) is 17.3 Å². The number of hydrogen-bond donors (Lipinski definition) is 2. The number of aromatic nitrogens is 5. The molecule has 0 unspecified atom stereocenters. The number of aromatic amines is 1. The zero-order valence-electron chi connectivity index (χ0n) is 19.9. The van der Waals surface area contributed by atoms with Gasteiger partial charge in [-0.15, -0.1) is 5.10 Å². The van der Waals surface area contributed by atoms with Crippen molar-refractivity contribution in [1.82, 2.24) is 24.5 Å². The number of carbonyl (C=O) groups excluding carboxylic acids is 1. The molecule has 2 aromatic heterocycles. The van der Waals surface area contributed by atoms with Gasteiger partial charge in [-0.25, -0.2) is 14.6 Å². The fraction of sp³-hybridized carbons (Fsp3) is 0.280. The van der Waals surface area contributed by atoms with Gasteiger partial charge in [0, 0.05) is 31.9 Å². The summed E-state index contributed by atoms with van der Waals surface area (Å²) in [6.45, 7) is 5.09. The van der Waals surface area contributed by atoms with Gasteiger partial charge in [-0.3, -0.25) is 9.36 Å². The maximum Gasteiger partial charge on any atom is 0.343 e. The number of thioether (sulfide) groups is 1. The van der Waals surface area contributed by atoms with Crippen LogP contribution in [0.15, 0.2) is 64.5 Å². The number of anilines is 1. The number of para-hydroxylation sites is 1. The van der Waals surface area contributed by atoms with E-state index in [0.717, 1.165) is 28.1 Å². The highest BCUT2D eigenvalue weighted by Crippen LogP contribution is 2.28. The second-order valence-electron chi connectivity index (χ2n) is 8.13. The van der Waals surface area contributed by atoms with Gasteiger partial charge in [0.25, 0.3) is 0 Å². The van der Waals surface area contributed by atoms with E-state index in [0.29, 0.717) is 30.5 Å². The van der Waals surface area contributed by atoms with E-state index in [4.69, 9.17) is 9.84 Å². The van der Waals surface area contributed by atoms with Crippen molar-refractivity contribution in [1.29, 1.82) is 0 Å². The molecule has 0 aliphatic rings. The standard InChI is InChI=1S/C25H28N6O3S/c1-17-10-11-18(2)20(14-17)21-15-22(31(29-21)19-8-5-4-6-9-19)26-23(32)16-35-25-28-27-24(33)30(25)12-7-13-34-3/h4-6,8-11,14-15H,7,12-13,16H2,1-3H3,(H,26,32)(H,27,33). The van der Waals surface area contributed by atoms with Gasteiger partial charge in [0.05, 0.1) is 17.1 Å². The van der Waals surface area contributed by atoms with E-state index in [1.54, 1.807) is 11.8 Å². The minimum atomic E-state index is -0.302. The molecule has 0 radical (unpaired) electrons. The molecule has 10 heteroatoms. The van der Waals surface area contributed by atoms with Crippen molar-refractivity contribution < 1.29 is 9.53 Å². The third-order valence-corrected chi connectivity index (χ3v) is 6.41. The van der Waals surface area contributed by atoms with Gasteiger partial charge < -0.3 is 10.1 Å². The molecule has 4 aromatic rings. The zero-order chi connectivity index (χ0) is 24.8. The molecule has 4 rings (SSSR count). The first-order valence-electron chi connectivity index (χ1n) is 11.3. The lowest BCUT2D eigenvalue weighted by atomic mass is 10.0. The van der Waals surface area contributed by atoms with Gasteiger partial charge in [-0.1, -0.05) is 47.7 Å². The summed E-state index contributed by atoms with van der Waals surface area (Å²) < 4.78 is 8.30. The molecule has 35 heavy (non-hydrogen) atoms. The monoisotopic (exact) mass is 492 g/mol. The van der Waals surface area contributed by atoms with Crippen LogP contribution < -0.4 is 11.0 Å². The zero-order valence-corrected chi connectivity index (χ0v) is 20.8. The Morgan fingerprint density at radius 2 is 1.94 bits per heavy atom. The summed E-state index contributed by atoms with van der Waals surface area (Å²) in [4.78, 5) is 24.9. The van der Waals surface area contributed by atoms with E-state index in [9.17, 15) is 9.59 Å². The first-order chi connectivity index (χ1) is 17.0. The normalized spacial score (nSPS) is 11.1. The van der Waals surface area contributed by atoms with Gasteiger partial charge >= 0.3 is 5.69 Å². The Kier molecular flexibility index (Phi) is 7.84. The van der Waals surface area contributed by atoms with E-state index >= 15 is 0 Å². The summed E-state index contributed by atoms with van der Waals surface area (Å²) in [5, 5.41) is 14.7. The largest absolute Gasteiger partial charge is 0.385 e. The number of rotatable bonds is 10. The predicted octanol–water partition coefficient (Wildman–Crippen LogP) is 3.81. The van der Waals surface area contributed by atoms with Crippen LogP contribution in [-0.2, 0) is 16.1 Å². The Balaban J connectivity index is 1.55. The van der Waals surface area contributed by atoms with Crippen LogP contribution in [0.2, 0.25) is 0 Å². The van der Waals surface area contributed by atoms with Gasteiger partial charge in [0.1, 0.15) is 5.82 Å². The number of H-pyrrole nitrogens is 1. The van der Waals surface area contributed by atoms with E-state index in [1.807, 2.05) is 50.2 Å². The first kappa shape index (κ1) is 24.5. The highest BCUT2D eigenvalue weighted by atomic mass is 32.2. The van der Waals surface area contributed by atoms with Crippen molar-refractivity contribution in [3.63, 3.8) is 0 Å². The smallest absolute Gasteiger partial charge is 0.343 e. The number of amides is 1. The van der Waals surface area contributed by atoms with Crippen LogP contribution >= 0.6 is 11.8 Å². The summed E-state index contributed by atoms with van der Waals surface area (Å²) in [5.74, 6) is 0.434. The summed E-state index contributed by atoms with van der Waals surface area (Å²) in [5.41, 5.74) is 4.57. The molecule has 0 aliphatic carbocycles. The van der Waals surface area contributed by atoms with Crippen LogP contribution in [0, 0.1) is 13.8 Å². The average Bonchev–Trinajstić information content (AvgIpc) is 3.43. The molecular weight excluding hydrogens is 464 g/mol. The number of hydrogen-bond acceptors (Lipinski definition) is 6.